The largest absolute Gasteiger partial charge is 0.389 e. The normalized spacial score (nSPS) is 17.8. The minimum absolute atomic E-state index is 0.313. The highest BCUT2D eigenvalue weighted by Crippen LogP contribution is 2.12. The van der Waals surface area contributed by atoms with Crippen LogP contribution in [0.25, 0.3) is 0 Å². The summed E-state index contributed by atoms with van der Waals surface area (Å²) in [6.07, 6.45) is 2.98. The van der Waals surface area contributed by atoms with Crippen molar-refractivity contribution in [2.45, 2.75) is 58.7 Å². The van der Waals surface area contributed by atoms with Crippen molar-refractivity contribution in [1.29, 1.82) is 0 Å². The first kappa shape index (κ1) is 14.9. The zero-order chi connectivity index (χ0) is 11.9. The van der Waals surface area contributed by atoms with Gasteiger partial charge in [0, 0.05) is 13.2 Å². The number of hydrogen-bond acceptors (Lipinski definition) is 3. The maximum absolute atomic E-state index is 9.65. The zero-order valence-electron chi connectivity index (χ0n) is 10.6. The summed E-state index contributed by atoms with van der Waals surface area (Å²) >= 11 is 0. The summed E-state index contributed by atoms with van der Waals surface area (Å²) in [7, 11) is 0. The molecule has 0 spiro atoms. The minimum Gasteiger partial charge on any atom is -0.389 e. The predicted molar refractivity (Wildman–Crippen MR) is 63.8 cm³/mol. The summed E-state index contributed by atoms with van der Waals surface area (Å²) in [5.41, 5.74) is 4.69. The Morgan fingerprint density at radius 2 is 1.93 bits per heavy atom. The molecule has 0 aliphatic heterocycles. The molecule has 0 rings (SSSR count). The Kier molecular flexibility index (Phi) is 7.14. The van der Waals surface area contributed by atoms with Crippen LogP contribution in [0.5, 0.6) is 0 Å². The molecule has 3 nitrogen and oxygen atoms in total. The van der Waals surface area contributed by atoms with E-state index >= 15 is 0 Å². The third kappa shape index (κ3) is 8.85. The molecule has 0 aliphatic carbocycles. The molecular formula is C12H27NO2. The Balaban J connectivity index is 3.46. The fourth-order valence-electron chi connectivity index (χ4n) is 1.57. The Bertz CT molecular complexity index is 158. The topological polar surface area (TPSA) is 55.5 Å². The molecule has 0 fully saturated rings. The highest BCUT2D eigenvalue weighted by Gasteiger charge is 2.17. The summed E-state index contributed by atoms with van der Waals surface area (Å²) in [6.45, 7) is 9.28. The maximum atomic E-state index is 9.65. The monoisotopic (exact) mass is 217 g/mol. The van der Waals surface area contributed by atoms with Crippen LogP contribution in [-0.2, 0) is 4.74 Å². The van der Waals surface area contributed by atoms with E-state index in [-0.39, 0.29) is 0 Å². The summed E-state index contributed by atoms with van der Waals surface area (Å²) in [5, 5.41) is 9.65. The van der Waals surface area contributed by atoms with E-state index in [1.54, 1.807) is 6.92 Å². The second-order valence-electron chi connectivity index (χ2n) is 5.12. The summed E-state index contributed by atoms with van der Waals surface area (Å²) in [4.78, 5) is 0. The van der Waals surface area contributed by atoms with Gasteiger partial charge < -0.3 is 15.6 Å². The number of rotatable bonds is 8. The molecule has 15 heavy (non-hydrogen) atoms. The van der Waals surface area contributed by atoms with Gasteiger partial charge in [0.15, 0.2) is 0 Å². The fraction of sp³-hybridized carbons (Fsp3) is 1.00. The second kappa shape index (κ2) is 7.20. The van der Waals surface area contributed by atoms with E-state index in [0.717, 1.165) is 12.8 Å². The van der Waals surface area contributed by atoms with E-state index in [4.69, 9.17) is 10.5 Å². The molecule has 92 valence electrons. The van der Waals surface area contributed by atoms with Crippen LogP contribution in [0, 0.1) is 5.92 Å². The van der Waals surface area contributed by atoms with Crippen LogP contribution in [0.3, 0.4) is 0 Å². The van der Waals surface area contributed by atoms with Gasteiger partial charge in [-0.05, 0) is 39.0 Å². The third-order valence-corrected chi connectivity index (χ3v) is 2.51. The molecule has 0 aromatic carbocycles. The molecule has 0 amide bonds. The van der Waals surface area contributed by atoms with E-state index in [1.165, 1.54) is 0 Å². The number of hydrogen-bond donors (Lipinski definition) is 2. The predicted octanol–water partition coefficient (Wildman–Crippen LogP) is 1.93. The van der Waals surface area contributed by atoms with E-state index in [0.29, 0.717) is 31.6 Å². The molecule has 0 heterocycles. The van der Waals surface area contributed by atoms with Crippen LogP contribution in [-0.4, -0.2) is 30.0 Å². The van der Waals surface area contributed by atoms with Crippen molar-refractivity contribution in [3.8, 4) is 0 Å². The lowest BCUT2D eigenvalue weighted by molar-refractivity contribution is 0.0206. The lowest BCUT2D eigenvalue weighted by Crippen LogP contribution is -2.34. The molecular weight excluding hydrogens is 190 g/mol. The van der Waals surface area contributed by atoms with Gasteiger partial charge in [-0.15, -0.1) is 0 Å². The minimum atomic E-state index is -0.732. The van der Waals surface area contributed by atoms with Gasteiger partial charge in [-0.25, -0.2) is 0 Å². The number of ether oxygens (including phenoxy) is 1. The number of nitrogens with two attached hydrogens (primary N) is 1. The summed E-state index contributed by atoms with van der Waals surface area (Å²) < 4.78 is 5.64. The van der Waals surface area contributed by atoms with E-state index in [9.17, 15) is 5.11 Å². The molecule has 0 saturated carbocycles. The molecule has 2 atom stereocenters. The fourth-order valence-corrected chi connectivity index (χ4v) is 1.57. The molecule has 0 saturated heterocycles. The average Bonchev–Trinajstić information content (AvgIpc) is 2.11. The van der Waals surface area contributed by atoms with E-state index < -0.39 is 5.60 Å². The van der Waals surface area contributed by atoms with Crippen molar-refractivity contribution in [3.63, 3.8) is 0 Å². The lowest BCUT2D eigenvalue weighted by atomic mass is 10.0. The molecule has 0 bridgehead atoms. The van der Waals surface area contributed by atoms with Crippen LogP contribution >= 0.6 is 0 Å². The van der Waals surface area contributed by atoms with Crippen molar-refractivity contribution >= 4 is 0 Å². The molecule has 3 heteroatoms. The first-order chi connectivity index (χ1) is 6.87. The Labute approximate surface area is 94.0 Å². The maximum Gasteiger partial charge on any atom is 0.0742 e. The first-order valence-electron chi connectivity index (χ1n) is 5.91. The van der Waals surface area contributed by atoms with Crippen molar-refractivity contribution in [1.82, 2.24) is 0 Å². The molecule has 0 aliphatic rings. The quantitative estimate of drug-likeness (QED) is 0.611. The second-order valence-corrected chi connectivity index (χ2v) is 5.12. The van der Waals surface area contributed by atoms with Crippen LogP contribution in [0.2, 0.25) is 0 Å². The molecule has 0 aromatic rings. The SMILES string of the molecule is CC(C)CC(C)OCCCC(C)(O)CN. The van der Waals surface area contributed by atoms with Gasteiger partial charge in [0.05, 0.1) is 11.7 Å². The summed E-state index contributed by atoms with van der Waals surface area (Å²) in [6, 6.07) is 0. The van der Waals surface area contributed by atoms with Gasteiger partial charge in [-0.1, -0.05) is 13.8 Å². The van der Waals surface area contributed by atoms with Gasteiger partial charge in [0.25, 0.3) is 0 Å². The third-order valence-electron chi connectivity index (χ3n) is 2.51. The zero-order valence-corrected chi connectivity index (χ0v) is 10.6. The Morgan fingerprint density at radius 1 is 1.33 bits per heavy atom. The Morgan fingerprint density at radius 3 is 2.40 bits per heavy atom. The van der Waals surface area contributed by atoms with Crippen molar-refractivity contribution in [2.24, 2.45) is 11.7 Å². The van der Waals surface area contributed by atoms with Crippen LogP contribution in [0.4, 0.5) is 0 Å². The summed E-state index contributed by atoms with van der Waals surface area (Å²) in [5.74, 6) is 0.673. The smallest absolute Gasteiger partial charge is 0.0742 e. The van der Waals surface area contributed by atoms with Crippen LogP contribution in [0.15, 0.2) is 0 Å². The number of aliphatic hydroxyl groups is 1. The highest BCUT2D eigenvalue weighted by atomic mass is 16.5. The Hall–Kier alpha value is -0.120. The van der Waals surface area contributed by atoms with Crippen molar-refractivity contribution in [2.75, 3.05) is 13.2 Å². The molecule has 0 radical (unpaired) electrons. The lowest BCUT2D eigenvalue weighted by Gasteiger charge is -2.21. The van der Waals surface area contributed by atoms with E-state index in [1.807, 2.05) is 0 Å². The van der Waals surface area contributed by atoms with Crippen molar-refractivity contribution < 1.29 is 9.84 Å². The van der Waals surface area contributed by atoms with Crippen LogP contribution < -0.4 is 5.73 Å². The molecule has 3 N–H and O–H groups in total. The molecule has 0 aromatic heterocycles. The van der Waals surface area contributed by atoms with E-state index in [2.05, 4.69) is 20.8 Å². The average molecular weight is 217 g/mol. The van der Waals surface area contributed by atoms with Gasteiger partial charge in [-0.3, -0.25) is 0 Å². The van der Waals surface area contributed by atoms with Gasteiger partial charge in [0.1, 0.15) is 0 Å². The highest BCUT2D eigenvalue weighted by molar-refractivity contribution is 4.72. The van der Waals surface area contributed by atoms with Gasteiger partial charge >= 0.3 is 0 Å². The first-order valence-corrected chi connectivity index (χ1v) is 5.91. The van der Waals surface area contributed by atoms with Gasteiger partial charge in [-0.2, -0.15) is 0 Å². The van der Waals surface area contributed by atoms with Crippen molar-refractivity contribution in [3.05, 3.63) is 0 Å². The standard InChI is InChI=1S/C12H27NO2/c1-10(2)8-11(3)15-7-5-6-12(4,14)9-13/h10-11,14H,5-9,13H2,1-4H3. The van der Waals surface area contributed by atoms with Crippen LogP contribution in [0.1, 0.15) is 47.0 Å². The molecule has 2 unspecified atom stereocenters. The van der Waals surface area contributed by atoms with Gasteiger partial charge in [0.2, 0.25) is 0 Å².